The molecular formula is C9H13N3S. The van der Waals surface area contributed by atoms with Gasteiger partial charge in [-0.25, -0.2) is 0 Å². The molecule has 4 heteroatoms. The smallest absolute Gasteiger partial charge is 0.0740 e. The Kier molecular flexibility index (Phi) is 4.35. The van der Waals surface area contributed by atoms with E-state index in [1.807, 2.05) is 18.2 Å². The average molecular weight is 195 g/mol. The number of nitrogens with two attached hydrogens (primary N) is 1. The number of nitrogens with zero attached hydrogens (tertiary/aromatic N) is 1. The van der Waals surface area contributed by atoms with Crippen LogP contribution >= 0.6 is 12.2 Å². The van der Waals surface area contributed by atoms with E-state index in [1.54, 1.807) is 6.20 Å². The first kappa shape index (κ1) is 10.1. The van der Waals surface area contributed by atoms with Crippen molar-refractivity contribution in [3.05, 3.63) is 30.1 Å². The maximum Gasteiger partial charge on any atom is 0.0740 e. The third kappa shape index (κ3) is 4.55. The number of thiocarbonyl (C=S) groups is 1. The Labute approximate surface area is 83.4 Å². The molecule has 1 aromatic heterocycles. The maximum atomic E-state index is 5.35. The molecular weight excluding hydrogens is 182 g/mol. The van der Waals surface area contributed by atoms with E-state index in [0.29, 0.717) is 4.99 Å². The molecule has 0 saturated heterocycles. The van der Waals surface area contributed by atoms with Crippen molar-refractivity contribution in [3.8, 4) is 0 Å². The minimum Gasteiger partial charge on any atom is -0.393 e. The van der Waals surface area contributed by atoms with Crippen LogP contribution in [0.25, 0.3) is 0 Å². The Morgan fingerprint density at radius 2 is 2.38 bits per heavy atom. The van der Waals surface area contributed by atoms with Crippen LogP contribution in [0.2, 0.25) is 0 Å². The predicted molar refractivity (Wildman–Crippen MR) is 57.3 cm³/mol. The fourth-order valence-corrected chi connectivity index (χ4v) is 1.03. The summed E-state index contributed by atoms with van der Waals surface area (Å²) in [4.78, 5) is 4.72. The van der Waals surface area contributed by atoms with E-state index in [0.717, 1.165) is 25.2 Å². The highest BCUT2D eigenvalue weighted by Crippen LogP contribution is 1.91. The quantitative estimate of drug-likeness (QED) is 0.540. The molecule has 0 atom stereocenters. The molecule has 0 fully saturated rings. The van der Waals surface area contributed by atoms with E-state index in [-0.39, 0.29) is 0 Å². The topological polar surface area (TPSA) is 50.9 Å². The van der Waals surface area contributed by atoms with E-state index in [1.165, 1.54) is 0 Å². The van der Waals surface area contributed by atoms with Gasteiger partial charge in [-0.1, -0.05) is 18.3 Å². The van der Waals surface area contributed by atoms with E-state index in [2.05, 4.69) is 10.3 Å². The normalized spacial score (nSPS) is 9.85. The molecule has 0 radical (unpaired) electrons. The molecule has 0 aromatic carbocycles. The van der Waals surface area contributed by atoms with Gasteiger partial charge in [0.05, 0.1) is 10.7 Å². The lowest BCUT2D eigenvalue weighted by Gasteiger charge is -2.02. The zero-order valence-corrected chi connectivity index (χ0v) is 8.18. The van der Waals surface area contributed by atoms with Gasteiger partial charge in [0.25, 0.3) is 0 Å². The van der Waals surface area contributed by atoms with Gasteiger partial charge in [-0.2, -0.15) is 0 Å². The molecule has 1 rings (SSSR count). The first-order chi connectivity index (χ1) is 6.29. The molecule has 1 aromatic rings. The van der Waals surface area contributed by atoms with Crippen LogP contribution in [0.15, 0.2) is 24.4 Å². The van der Waals surface area contributed by atoms with Crippen molar-refractivity contribution in [3.63, 3.8) is 0 Å². The van der Waals surface area contributed by atoms with Gasteiger partial charge in [0, 0.05) is 25.7 Å². The molecule has 0 aliphatic rings. The van der Waals surface area contributed by atoms with E-state index >= 15 is 0 Å². The molecule has 0 amide bonds. The molecule has 3 nitrogen and oxygen atoms in total. The molecule has 0 bridgehead atoms. The van der Waals surface area contributed by atoms with E-state index in [9.17, 15) is 0 Å². The number of hydrogen-bond donors (Lipinski definition) is 2. The van der Waals surface area contributed by atoms with Crippen molar-refractivity contribution in [2.45, 2.75) is 13.0 Å². The van der Waals surface area contributed by atoms with Gasteiger partial charge in [0.1, 0.15) is 0 Å². The molecule has 0 unspecified atom stereocenters. The Morgan fingerprint density at radius 3 is 3.00 bits per heavy atom. The summed E-state index contributed by atoms with van der Waals surface area (Å²) in [6, 6.07) is 5.85. The Hall–Kier alpha value is -1.00. The summed E-state index contributed by atoms with van der Waals surface area (Å²) in [6.07, 6.45) is 2.52. The fourth-order valence-electron chi connectivity index (χ4n) is 0.931. The highest BCUT2D eigenvalue weighted by Gasteiger charge is 1.92. The summed E-state index contributed by atoms with van der Waals surface area (Å²) >= 11 is 4.75. The first-order valence-electron chi connectivity index (χ1n) is 4.18. The largest absolute Gasteiger partial charge is 0.393 e. The summed E-state index contributed by atoms with van der Waals surface area (Å²) in [5.41, 5.74) is 6.38. The third-order valence-corrected chi connectivity index (χ3v) is 1.78. The second kappa shape index (κ2) is 5.61. The van der Waals surface area contributed by atoms with Gasteiger partial charge in [0.2, 0.25) is 0 Å². The van der Waals surface area contributed by atoms with Gasteiger partial charge in [0.15, 0.2) is 0 Å². The van der Waals surface area contributed by atoms with Crippen LogP contribution < -0.4 is 11.1 Å². The van der Waals surface area contributed by atoms with Crippen LogP contribution in [0.4, 0.5) is 0 Å². The van der Waals surface area contributed by atoms with Crippen molar-refractivity contribution in [1.29, 1.82) is 0 Å². The monoisotopic (exact) mass is 195 g/mol. The van der Waals surface area contributed by atoms with Gasteiger partial charge < -0.3 is 11.1 Å². The Bertz CT molecular complexity index is 261. The first-order valence-corrected chi connectivity index (χ1v) is 4.59. The van der Waals surface area contributed by atoms with Gasteiger partial charge >= 0.3 is 0 Å². The molecule has 0 saturated carbocycles. The number of pyridine rings is 1. The van der Waals surface area contributed by atoms with Crippen molar-refractivity contribution in [2.75, 3.05) is 6.54 Å². The summed E-state index contributed by atoms with van der Waals surface area (Å²) < 4.78 is 0. The summed E-state index contributed by atoms with van der Waals surface area (Å²) in [6.45, 7) is 1.58. The molecule has 0 spiro atoms. The SMILES string of the molecule is NC(=S)CCNCc1ccccn1. The van der Waals surface area contributed by atoms with Crippen molar-refractivity contribution in [1.82, 2.24) is 10.3 Å². The minimum absolute atomic E-state index is 0.550. The van der Waals surface area contributed by atoms with E-state index in [4.69, 9.17) is 18.0 Å². The summed E-state index contributed by atoms with van der Waals surface area (Å²) in [5, 5.41) is 3.20. The van der Waals surface area contributed by atoms with Gasteiger partial charge in [-0.3, -0.25) is 4.98 Å². The average Bonchev–Trinajstić information content (AvgIpc) is 2.14. The lowest BCUT2D eigenvalue weighted by atomic mass is 10.3. The van der Waals surface area contributed by atoms with Crippen LogP contribution in [0.1, 0.15) is 12.1 Å². The molecule has 13 heavy (non-hydrogen) atoms. The van der Waals surface area contributed by atoms with Crippen molar-refractivity contribution < 1.29 is 0 Å². The van der Waals surface area contributed by atoms with Gasteiger partial charge in [-0.15, -0.1) is 0 Å². The Morgan fingerprint density at radius 1 is 1.54 bits per heavy atom. The van der Waals surface area contributed by atoms with Crippen LogP contribution in [0, 0.1) is 0 Å². The summed E-state index contributed by atoms with van der Waals surface area (Å²) in [5.74, 6) is 0. The van der Waals surface area contributed by atoms with Crippen molar-refractivity contribution >= 4 is 17.2 Å². The maximum absolute atomic E-state index is 5.35. The zero-order chi connectivity index (χ0) is 9.52. The second-order valence-corrected chi connectivity index (χ2v) is 3.24. The van der Waals surface area contributed by atoms with E-state index < -0.39 is 0 Å². The molecule has 70 valence electrons. The molecule has 0 aliphatic heterocycles. The zero-order valence-electron chi connectivity index (χ0n) is 7.36. The molecule has 3 N–H and O–H groups in total. The number of hydrogen-bond acceptors (Lipinski definition) is 3. The van der Waals surface area contributed by atoms with Crippen LogP contribution in [-0.2, 0) is 6.54 Å². The second-order valence-electron chi connectivity index (χ2n) is 2.71. The fraction of sp³-hybridized carbons (Fsp3) is 0.333. The van der Waals surface area contributed by atoms with Crippen molar-refractivity contribution in [2.24, 2.45) is 5.73 Å². The molecule has 1 heterocycles. The van der Waals surface area contributed by atoms with Crippen LogP contribution in [0.3, 0.4) is 0 Å². The Balaban J connectivity index is 2.17. The highest BCUT2D eigenvalue weighted by molar-refractivity contribution is 7.80. The van der Waals surface area contributed by atoms with Gasteiger partial charge in [-0.05, 0) is 12.1 Å². The number of nitrogens with one attached hydrogen (secondary N) is 1. The molecule has 0 aliphatic carbocycles. The lowest BCUT2D eigenvalue weighted by Crippen LogP contribution is -2.20. The van der Waals surface area contributed by atoms with Crippen LogP contribution in [0.5, 0.6) is 0 Å². The standard InChI is InChI=1S/C9H13N3S/c10-9(13)4-6-11-7-8-3-1-2-5-12-8/h1-3,5,11H,4,6-7H2,(H2,10,13). The number of aromatic nitrogens is 1. The lowest BCUT2D eigenvalue weighted by molar-refractivity contribution is 0.692. The number of rotatable bonds is 5. The minimum atomic E-state index is 0.550. The summed E-state index contributed by atoms with van der Waals surface area (Å²) in [7, 11) is 0. The highest BCUT2D eigenvalue weighted by atomic mass is 32.1. The predicted octanol–water partition coefficient (Wildman–Crippen LogP) is 0.847. The third-order valence-electron chi connectivity index (χ3n) is 1.58. The van der Waals surface area contributed by atoms with Crippen LogP contribution in [-0.4, -0.2) is 16.5 Å².